The van der Waals surface area contributed by atoms with Crippen LogP contribution in [0.5, 0.6) is 17.2 Å². The Morgan fingerprint density at radius 1 is 0.855 bits per heavy atom. The number of nitrogens with one attached hydrogen (secondary N) is 1. The highest BCUT2D eigenvalue weighted by Crippen LogP contribution is 2.32. The van der Waals surface area contributed by atoms with E-state index in [1.807, 2.05) is 53.7 Å². The van der Waals surface area contributed by atoms with E-state index < -0.39 is 5.97 Å². The number of ether oxygens (including phenoxy) is 5. The Morgan fingerprint density at radius 2 is 1.56 bits per heavy atom. The van der Waals surface area contributed by atoms with Crippen LogP contribution in [0.2, 0.25) is 0 Å². The van der Waals surface area contributed by atoms with Crippen molar-refractivity contribution in [2.45, 2.75) is 95.0 Å². The fourth-order valence-electron chi connectivity index (χ4n) is 6.23. The van der Waals surface area contributed by atoms with Gasteiger partial charge < -0.3 is 23.7 Å². The van der Waals surface area contributed by atoms with Gasteiger partial charge in [0, 0.05) is 23.7 Å². The number of carbonyl (C=O) groups is 3. The van der Waals surface area contributed by atoms with Gasteiger partial charge in [-0.3, -0.25) is 15.2 Å². The third-order valence-electron chi connectivity index (χ3n) is 9.39. The summed E-state index contributed by atoms with van der Waals surface area (Å²) >= 11 is 4.64. The van der Waals surface area contributed by atoms with Crippen molar-refractivity contribution in [3.8, 4) is 17.2 Å². The van der Waals surface area contributed by atoms with Gasteiger partial charge in [0.15, 0.2) is 0 Å². The number of thiol groups is 1. The molecule has 1 saturated carbocycles. The number of rotatable bonds is 23. The predicted molar refractivity (Wildman–Crippen MR) is 219 cm³/mol. The number of carbonyl (C=O) groups excluding carboxylic acids is 3. The minimum Gasteiger partial charge on any atom is -0.494 e. The van der Waals surface area contributed by atoms with Crippen LogP contribution >= 0.6 is 12.6 Å². The zero-order chi connectivity index (χ0) is 39.3. The number of methoxy groups -OCH3 is 1. The topological polar surface area (TPSA) is 113 Å². The Labute approximate surface area is 331 Å². The molecule has 1 aliphatic carbocycles. The molecule has 10 nitrogen and oxygen atoms in total. The second-order valence-corrected chi connectivity index (χ2v) is 14.0. The zero-order valence-corrected chi connectivity index (χ0v) is 33.1. The number of esters is 3. The van der Waals surface area contributed by atoms with Crippen LogP contribution in [0.15, 0.2) is 90.5 Å². The first kappa shape index (κ1) is 42.8. The summed E-state index contributed by atoms with van der Waals surface area (Å²) in [6.45, 7) is 7.29. The molecule has 0 bridgehead atoms. The number of benzene rings is 3. The Morgan fingerprint density at radius 3 is 2.29 bits per heavy atom. The lowest BCUT2D eigenvalue weighted by Gasteiger charge is -2.27. The molecule has 0 unspecified atom stereocenters. The van der Waals surface area contributed by atoms with E-state index in [0.29, 0.717) is 61.7 Å². The van der Waals surface area contributed by atoms with Crippen molar-refractivity contribution in [1.82, 2.24) is 5.01 Å². The Balaban J connectivity index is 1.23. The van der Waals surface area contributed by atoms with Crippen LogP contribution in [-0.4, -0.2) is 55.9 Å². The fraction of sp³-hybridized carbons (Fsp3) is 0.432. The molecular weight excluding hydrogens is 717 g/mol. The molecule has 1 aliphatic rings. The van der Waals surface area contributed by atoms with Crippen LogP contribution in [0.3, 0.4) is 0 Å². The van der Waals surface area contributed by atoms with E-state index >= 15 is 0 Å². The third-order valence-corrected chi connectivity index (χ3v) is 9.76. The Kier molecular flexibility index (Phi) is 18.5. The van der Waals surface area contributed by atoms with Gasteiger partial charge in [-0.15, -0.1) is 12.6 Å². The molecule has 0 atom stereocenters. The number of hydrogen-bond donors (Lipinski definition) is 2. The average Bonchev–Trinajstić information content (AvgIpc) is 3.20. The number of anilines is 1. The van der Waals surface area contributed by atoms with E-state index in [9.17, 15) is 14.4 Å². The highest BCUT2D eigenvalue weighted by Gasteiger charge is 2.30. The monoisotopic (exact) mass is 772 g/mol. The van der Waals surface area contributed by atoms with Gasteiger partial charge in [-0.05, 0) is 112 Å². The van der Waals surface area contributed by atoms with E-state index in [4.69, 9.17) is 23.7 Å². The van der Waals surface area contributed by atoms with Crippen LogP contribution in [-0.2, 0) is 19.1 Å². The fourth-order valence-corrected chi connectivity index (χ4v) is 6.48. The Hall–Kier alpha value is -4.90. The Bertz CT molecular complexity index is 1690. The van der Waals surface area contributed by atoms with Crippen LogP contribution < -0.4 is 19.6 Å². The molecular formula is C44H56N2O8S. The molecule has 3 aromatic rings. The van der Waals surface area contributed by atoms with Gasteiger partial charge in [0.05, 0.1) is 31.8 Å². The standard InChI is InChI=1S/C44H56N2O8S/c1-4-6-7-12-29-46(45-42-39(50-3)18-15-19-40(42)55)30-28-33-16-10-11-17-38(33)44(49)54-36-22-20-34(21-23-36)43(48)53-37-26-24-35(25-27-37)51-31-13-8-9-14-32-52-41(47)5-2/h5,10-11,15-19,24-28,30,34,36,45,55H,2,4,6-9,12-14,20-23,29,31-32H2,1,3H3/b30-28+. The molecule has 1 N–H and O–H groups in total. The molecule has 3 aromatic carbocycles. The number of para-hydroxylation sites is 1. The molecule has 0 aromatic heterocycles. The summed E-state index contributed by atoms with van der Waals surface area (Å²) in [7, 11) is 1.63. The lowest BCUT2D eigenvalue weighted by molar-refractivity contribution is -0.140. The van der Waals surface area contributed by atoms with Gasteiger partial charge in [0.1, 0.15) is 29.0 Å². The van der Waals surface area contributed by atoms with Crippen molar-refractivity contribution in [3.05, 3.63) is 96.7 Å². The number of nitrogens with zero attached hydrogens (tertiary/aromatic N) is 1. The van der Waals surface area contributed by atoms with E-state index in [-0.39, 0.29) is 24.0 Å². The number of unbranched alkanes of at least 4 members (excludes halogenated alkanes) is 6. The normalized spacial score (nSPS) is 15.2. The first-order valence-electron chi connectivity index (χ1n) is 19.4. The molecule has 0 amide bonds. The molecule has 0 radical (unpaired) electrons. The van der Waals surface area contributed by atoms with Crippen LogP contribution in [0.25, 0.3) is 6.08 Å². The smallest absolute Gasteiger partial charge is 0.339 e. The molecule has 0 heterocycles. The lowest BCUT2D eigenvalue weighted by Crippen LogP contribution is -2.30. The van der Waals surface area contributed by atoms with E-state index in [0.717, 1.165) is 74.1 Å². The first-order chi connectivity index (χ1) is 26.8. The van der Waals surface area contributed by atoms with Crippen molar-refractivity contribution in [1.29, 1.82) is 0 Å². The quantitative estimate of drug-likeness (QED) is 0.0241. The first-order valence-corrected chi connectivity index (χ1v) is 19.9. The van der Waals surface area contributed by atoms with Gasteiger partial charge in [-0.1, -0.05) is 57.0 Å². The number of hydrazine groups is 1. The summed E-state index contributed by atoms with van der Waals surface area (Å²) in [6.07, 6.45) is 15.1. The molecule has 55 heavy (non-hydrogen) atoms. The molecule has 0 aliphatic heterocycles. The average molecular weight is 773 g/mol. The van der Waals surface area contributed by atoms with Gasteiger partial charge >= 0.3 is 17.9 Å². The molecule has 1 fully saturated rings. The van der Waals surface area contributed by atoms with Gasteiger partial charge in [-0.25, -0.2) is 9.59 Å². The maximum absolute atomic E-state index is 13.5. The SMILES string of the molecule is C=CC(=O)OCCCCCCOc1ccc(OC(=O)C2CCC(OC(=O)c3ccccc3/C=C/N(CCCCCC)Nc3c(S)cccc3OC)CC2)cc1. The minimum absolute atomic E-state index is 0.266. The van der Waals surface area contributed by atoms with Crippen molar-refractivity contribution < 1.29 is 38.1 Å². The summed E-state index contributed by atoms with van der Waals surface area (Å²) in [5.41, 5.74) is 5.45. The maximum atomic E-state index is 13.5. The van der Waals surface area contributed by atoms with Gasteiger partial charge in [0.2, 0.25) is 0 Å². The minimum atomic E-state index is -0.394. The van der Waals surface area contributed by atoms with Crippen molar-refractivity contribution in [2.75, 3.05) is 32.3 Å². The van der Waals surface area contributed by atoms with Gasteiger partial charge in [0.25, 0.3) is 0 Å². The number of hydrogen-bond acceptors (Lipinski definition) is 11. The maximum Gasteiger partial charge on any atom is 0.339 e. The summed E-state index contributed by atoms with van der Waals surface area (Å²) in [4.78, 5) is 38.3. The third kappa shape index (κ3) is 14.7. The zero-order valence-electron chi connectivity index (χ0n) is 32.2. The largest absolute Gasteiger partial charge is 0.494 e. The highest BCUT2D eigenvalue weighted by molar-refractivity contribution is 7.80. The van der Waals surface area contributed by atoms with Crippen molar-refractivity contribution in [3.63, 3.8) is 0 Å². The van der Waals surface area contributed by atoms with Crippen LogP contribution in [0.4, 0.5) is 5.69 Å². The summed E-state index contributed by atoms with van der Waals surface area (Å²) in [6, 6.07) is 20.2. The van der Waals surface area contributed by atoms with Crippen LogP contribution in [0, 0.1) is 5.92 Å². The van der Waals surface area contributed by atoms with Crippen molar-refractivity contribution in [2.24, 2.45) is 5.92 Å². The van der Waals surface area contributed by atoms with Crippen molar-refractivity contribution >= 4 is 42.3 Å². The van der Waals surface area contributed by atoms with E-state index in [1.54, 1.807) is 37.4 Å². The summed E-state index contributed by atoms with van der Waals surface area (Å²) in [5.74, 6) is 0.536. The molecule has 4 rings (SSSR count). The van der Waals surface area contributed by atoms with Gasteiger partial charge in [-0.2, -0.15) is 0 Å². The second-order valence-electron chi connectivity index (χ2n) is 13.5. The van der Waals surface area contributed by atoms with E-state index in [2.05, 4.69) is 31.6 Å². The second kappa shape index (κ2) is 23.8. The van der Waals surface area contributed by atoms with E-state index in [1.165, 1.54) is 6.08 Å². The van der Waals surface area contributed by atoms with Crippen LogP contribution in [0.1, 0.15) is 99.9 Å². The predicted octanol–water partition coefficient (Wildman–Crippen LogP) is 9.85. The highest BCUT2D eigenvalue weighted by atomic mass is 32.1. The molecule has 11 heteroatoms. The summed E-state index contributed by atoms with van der Waals surface area (Å²) < 4.78 is 28.0. The lowest BCUT2D eigenvalue weighted by atomic mass is 9.87. The molecule has 0 spiro atoms. The summed E-state index contributed by atoms with van der Waals surface area (Å²) in [5, 5.41) is 2.00. The molecule has 296 valence electrons. The molecule has 0 saturated heterocycles.